The van der Waals surface area contributed by atoms with Crippen molar-refractivity contribution in [3.63, 3.8) is 0 Å². The summed E-state index contributed by atoms with van der Waals surface area (Å²) in [6.45, 7) is 13.0. The van der Waals surface area contributed by atoms with E-state index in [0.717, 1.165) is 21.8 Å². The number of aromatic amines is 1. The Morgan fingerprint density at radius 1 is 0.743 bits per heavy atom. The van der Waals surface area contributed by atoms with E-state index in [9.17, 15) is 9.59 Å². The number of ether oxygens (including phenoxy) is 2. The zero-order chi connectivity index (χ0) is 24.8. The first-order valence-corrected chi connectivity index (χ1v) is 12.5. The molecule has 0 amide bonds. The fraction of sp³-hybridized carbons (Fsp3) is 0.500. The van der Waals surface area contributed by atoms with Crippen LogP contribution in [0.4, 0.5) is 0 Å². The molecule has 3 aromatic rings. The van der Waals surface area contributed by atoms with Crippen molar-refractivity contribution < 1.29 is 19.1 Å². The number of carbonyl (C=O) groups is 2. The highest BCUT2D eigenvalue weighted by molar-refractivity contribution is 6.23. The van der Waals surface area contributed by atoms with Crippen LogP contribution in [-0.2, 0) is 9.47 Å². The molecule has 2 fully saturated rings. The average Bonchev–Trinajstić information content (AvgIpc) is 3.27. The molecule has 7 heteroatoms. The molecule has 1 aromatic heterocycles. The summed E-state index contributed by atoms with van der Waals surface area (Å²) in [4.78, 5) is 36.4. The van der Waals surface area contributed by atoms with Crippen molar-refractivity contribution in [2.75, 3.05) is 52.6 Å². The molecule has 0 aliphatic carbocycles. The molecule has 0 atom stereocenters. The third kappa shape index (κ3) is 4.10. The zero-order valence-electron chi connectivity index (χ0n) is 21.1. The van der Waals surface area contributed by atoms with Gasteiger partial charge in [0.05, 0.1) is 48.6 Å². The predicted octanol–water partition coefficient (Wildman–Crippen LogP) is 3.91. The lowest BCUT2D eigenvalue weighted by atomic mass is 9.82. The minimum absolute atomic E-state index is 0.0407. The highest BCUT2D eigenvalue weighted by atomic mass is 16.5. The number of nitrogens with one attached hydrogen (secondary N) is 1. The maximum atomic E-state index is 14.4. The van der Waals surface area contributed by atoms with Gasteiger partial charge in [-0.05, 0) is 39.8 Å². The minimum Gasteiger partial charge on any atom is -0.379 e. The van der Waals surface area contributed by atoms with Gasteiger partial charge < -0.3 is 14.5 Å². The van der Waals surface area contributed by atoms with Gasteiger partial charge in [0, 0.05) is 48.0 Å². The highest BCUT2D eigenvalue weighted by Crippen LogP contribution is 2.35. The summed E-state index contributed by atoms with van der Waals surface area (Å²) in [5.41, 5.74) is 1.11. The number of Topliss-reactive ketones (excluding diaryl/α,β-unsaturated/α-hetero) is 2. The van der Waals surface area contributed by atoms with Gasteiger partial charge in [-0.3, -0.25) is 19.4 Å². The molecule has 2 aromatic carbocycles. The van der Waals surface area contributed by atoms with Crippen LogP contribution >= 0.6 is 0 Å². The second-order valence-electron chi connectivity index (χ2n) is 10.6. The van der Waals surface area contributed by atoms with Crippen molar-refractivity contribution in [1.82, 2.24) is 14.8 Å². The molecule has 7 nitrogen and oxygen atoms in total. The number of morpholine rings is 2. The number of benzene rings is 2. The first-order valence-electron chi connectivity index (χ1n) is 12.5. The molecule has 186 valence electrons. The SMILES string of the molecule is CC(C)(C(=O)c1ccc2c([nH]c3ccccc32)c1C(=O)C(C)(C)N1CCOCC1)N1CCOCC1. The van der Waals surface area contributed by atoms with Gasteiger partial charge in [0.25, 0.3) is 0 Å². The van der Waals surface area contributed by atoms with E-state index >= 15 is 0 Å². The van der Waals surface area contributed by atoms with Crippen LogP contribution in [0.1, 0.15) is 48.4 Å². The van der Waals surface area contributed by atoms with Gasteiger partial charge in [-0.25, -0.2) is 0 Å². The molecule has 0 spiro atoms. The van der Waals surface area contributed by atoms with Crippen LogP contribution in [0.25, 0.3) is 21.8 Å². The number of para-hydroxylation sites is 1. The monoisotopic (exact) mass is 477 g/mol. The Kier molecular flexibility index (Phi) is 6.30. The van der Waals surface area contributed by atoms with E-state index in [-0.39, 0.29) is 11.6 Å². The quantitative estimate of drug-likeness (QED) is 0.543. The first-order chi connectivity index (χ1) is 16.7. The number of fused-ring (bicyclic) bond motifs is 3. The van der Waals surface area contributed by atoms with Gasteiger partial charge >= 0.3 is 0 Å². The molecule has 0 saturated carbocycles. The number of hydrogen-bond donors (Lipinski definition) is 1. The maximum Gasteiger partial charge on any atom is 0.185 e. The van der Waals surface area contributed by atoms with E-state index in [2.05, 4.69) is 20.9 Å². The summed E-state index contributed by atoms with van der Waals surface area (Å²) in [5, 5.41) is 2.01. The highest BCUT2D eigenvalue weighted by Gasteiger charge is 2.42. The Balaban J connectivity index is 1.68. The van der Waals surface area contributed by atoms with Crippen LogP contribution in [0.3, 0.4) is 0 Å². The Bertz CT molecular complexity index is 1260. The van der Waals surface area contributed by atoms with Gasteiger partial charge in [0.1, 0.15) is 0 Å². The fourth-order valence-electron chi connectivity index (χ4n) is 5.51. The van der Waals surface area contributed by atoms with Crippen LogP contribution in [0.5, 0.6) is 0 Å². The van der Waals surface area contributed by atoms with Crippen molar-refractivity contribution in [2.45, 2.75) is 38.8 Å². The lowest BCUT2D eigenvalue weighted by molar-refractivity contribution is -0.00545. The molecule has 35 heavy (non-hydrogen) atoms. The maximum absolute atomic E-state index is 14.4. The zero-order valence-corrected chi connectivity index (χ0v) is 21.1. The number of rotatable bonds is 6. The predicted molar refractivity (Wildman–Crippen MR) is 137 cm³/mol. The number of hydrogen-bond acceptors (Lipinski definition) is 6. The van der Waals surface area contributed by atoms with E-state index < -0.39 is 11.1 Å². The lowest BCUT2D eigenvalue weighted by Gasteiger charge is -2.41. The van der Waals surface area contributed by atoms with Gasteiger partial charge in [0.15, 0.2) is 11.6 Å². The minimum atomic E-state index is -0.784. The first kappa shape index (κ1) is 24.1. The molecule has 0 radical (unpaired) electrons. The van der Waals surface area contributed by atoms with E-state index in [4.69, 9.17) is 9.47 Å². The topological polar surface area (TPSA) is 74.9 Å². The summed E-state index contributed by atoms with van der Waals surface area (Å²) in [7, 11) is 0. The van der Waals surface area contributed by atoms with E-state index in [1.54, 1.807) is 0 Å². The molecule has 3 heterocycles. The van der Waals surface area contributed by atoms with Crippen molar-refractivity contribution >= 4 is 33.4 Å². The summed E-state index contributed by atoms with van der Waals surface area (Å²) in [6.07, 6.45) is 0. The molecule has 5 rings (SSSR count). The summed E-state index contributed by atoms with van der Waals surface area (Å²) < 4.78 is 11.1. The van der Waals surface area contributed by atoms with E-state index in [0.29, 0.717) is 63.7 Å². The molecule has 0 bridgehead atoms. The van der Waals surface area contributed by atoms with Crippen LogP contribution in [-0.4, -0.2) is 90.0 Å². The van der Waals surface area contributed by atoms with E-state index in [1.807, 2.05) is 58.0 Å². The molecule has 2 aliphatic heterocycles. The van der Waals surface area contributed by atoms with Crippen LogP contribution in [0.2, 0.25) is 0 Å². The second-order valence-corrected chi connectivity index (χ2v) is 10.6. The summed E-state index contributed by atoms with van der Waals surface area (Å²) in [5.74, 6) is -0.0845. The Labute approximate surface area is 206 Å². The fourth-order valence-corrected chi connectivity index (χ4v) is 5.51. The molecular formula is C28H35N3O4. The molecule has 2 aliphatic rings. The van der Waals surface area contributed by atoms with Crippen LogP contribution in [0, 0.1) is 0 Å². The second kappa shape index (κ2) is 9.13. The van der Waals surface area contributed by atoms with Gasteiger partial charge in [-0.2, -0.15) is 0 Å². The largest absolute Gasteiger partial charge is 0.379 e. The standard InChI is InChI=1S/C28H35N3O4/c1-27(2,30-11-15-34-16-12-30)25(32)21-10-9-20-19-7-5-6-8-22(19)29-24(20)23(21)26(33)28(3,4)31-13-17-35-18-14-31/h5-10,29H,11-18H2,1-4H3. The summed E-state index contributed by atoms with van der Waals surface area (Å²) >= 11 is 0. The number of aromatic nitrogens is 1. The number of H-pyrrole nitrogens is 1. The summed E-state index contributed by atoms with van der Waals surface area (Å²) in [6, 6.07) is 11.9. The van der Waals surface area contributed by atoms with Gasteiger partial charge in [-0.1, -0.05) is 24.3 Å². The Hall–Kier alpha value is -2.58. The van der Waals surface area contributed by atoms with Crippen LogP contribution in [0.15, 0.2) is 36.4 Å². The van der Waals surface area contributed by atoms with Crippen molar-refractivity contribution in [1.29, 1.82) is 0 Å². The van der Waals surface area contributed by atoms with Gasteiger partial charge in [0.2, 0.25) is 0 Å². The Morgan fingerprint density at radius 3 is 1.89 bits per heavy atom. The third-order valence-corrected chi connectivity index (χ3v) is 7.87. The Morgan fingerprint density at radius 2 is 1.29 bits per heavy atom. The third-order valence-electron chi connectivity index (χ3n) is 7.87. The van der Waals surface area contributed by atoms with E-state index in [1.165, 1.54) is 0 Å². The number of nitrogens with zero attached hydrogens (tertiary/aromatic N) is 2. The van der Waals surface area contributed by atoms with Gasteiger partial charge in [-0.15, -0.1) is 0 Å². The lowest BCUT2D eigenvalue weighted by Crippen LogP contribution is -2.56. The smallest absolute Gasteiger partial charge is 0.185 e. The molecule has 1 N–H and O–H groups in total. The van der Waals surface area contributed by atoms with Crippen LogP contribution < -0.4 is 0 Å². The molecule has 2 saturated heterocycles. The number of carbonyl (C=O) groups excluding carboxylic acids is 2. The number of ketones is 2. The van der Waals surface area contributed by atoms with Crippen molar-refractivity contribution in [3.8, 4) is 0 Å². The normalized spacial score (nSPS) is 18.9. The average molecular weight is 478 g/mol. The van der Waals surface area contributed by atoms with Crippen molar-refractivity contribution in [2.24, 2.45) is 0 Å². The molecular weight excluding hydrogens is 442 g/mol. The van der Waals surface area contributed by atoms with Crippen molar-refractivity contribution in [3.05, 3.63) is 47.5 Å². The molecule has 0 unspecified atom stereocenters.